The van der Waals surface area contributed by atoms with Gasteiger partial charge in [0.1, 0.15) is 24.1 Å². The van der Waals surface area contributed by atoms with Crippen molar-refractivity contribution in [1.29, 1.82) is 0 Å². The number of aromatic nitrogens is 2. The van der Waals surface area contributed by atoms with Gasteiger partial charge in [-0.2, -0.15) is 4.98 Å². The fourth-order valence-electron chi connectivity index (χ4n) is 4.04. The number of fused-ring (bicyclic) bond motifs is 1. The Morgan fingerprint density at radius 2 is 1.94 bits per heavy atom. The van der Waals surface area contributed by atoms with Gasteiger partial charge in [0.05, 0.1) is 58.4 Å². The second-order valence-electron chi connectivity index (χ2n) is 7.53. The van der Waals surface area contributed by atoms with Crippen LogP contribution in [0, 0.1) is 0 Å². The van der Waals surface area contributed by atoms with Gasteiger partial charge >= 0.3 is 6.01 Å². The average molecular weight is 459 g/mol. The Morgan fingerprint density at radius 1 is 1.15 bits per heavy atom. The van der Waals surface area contributed by atoms with Crippen LogP contribution in [0.5, 0.6) is 17.6 Å². The maximum absolute atomic E-state index is 10.3. The van der Waals surface area contributed by atoms with Crippen molar-refractivity contribution in [2.24, 2.45) is 5.11 Å². The van der Waals surface area contributed by atoms with Gasteiger partial charge < -0.3 is 33.5 Å². The Balaban J connectivity index is 1.65. The molecule has 2 aromatic rings. The number of aliphatic hydroxyl groups is 1. The van der Waals surface area contributed by atoms with E-state index in [1.54, 1.807) is 7.11 Å². The highest BCUT2D eigenvalue weighted by Crippen LogP contribution is 2.44. The van der Waals surface area contributed by atoms with Crippen LogP contribution in [0.25, 0.3) is 10.4 Å². The maximum Gasteiger partial charge on any atom is 0.319 e. The fraction of sp³-hybridized carbons (Fsp3) is 0.524. The van der Waals surface area contributed by atoms with Crippen molar-refractivity contribution in [3.8, 4) is 17.6 Å². The summed E-state index contributed by atoms with van der Waals surface area (Å²) in [7, 11) is 4.53. The second kappa shape index (κ2) is 10.2. The smallest absolute Gasteiger partial charge is 0.319 e. The lowest BCUT2D eigenvalue weighted by atomic mass is 9.94. The molecule has 1 aromatic carbocycles. The predicted octanol–water partition coefficient (Wildman–Crippen LogP) is 1.97. The largest absolute Gasteiger partial charge is 0.497 e. The first-order chi connectivity index (χ1) is 16.1. The number of methoxy groups -OCH3 is 3. The monoisotopic (exact) mass is 459 g/mol. The Labute approximate surface area is 190 Å². The van der Waals surface area contributed by atoms with E-state index in [4.69, 9.17) is 34.0 Å². The molecule has 2 fully saturated rings. The minimum atomic E-state index is -1.00. The summed E-state index contributed by atoms with van der Waals surface area (Å²) in [5, 5.41) is 14.1. The normalized spacial score (nSPS) is 28.5. The number of hydrogen-bond acceptors (Lipinski definition) is 10. The van der Waals surface area contributed by atoms with Crippen LogP contribution in [0.3, 0.4) is 0 Å². The quantitative estimate of drug-likeness (QED) is 0.355. The van der Waals surface area contributed by atoms with Crippen molar-refractivity contribution >= 4 is 0 Å². The third kappa shape index (κ3) is 4.65. The van der Waals surface area contributed by atoms with Crippen LogP contribution in [0.2, 0.25) is 0 Å². The zero-order chi connectivity index (χ0) is 23.4. The zero-order valence-electron chi connectivity index (χ0n) is 18.4. The van der Waals surface area contributed by atoms with Crippen LogP contribution in [-0.4, -0.2) is 73.5 Å². The molecule has 12 nitrogen and oxygen atoms in total. The molecule has 33 heavy (non-hydrogen) atoms. The lowest BCUT2D eigenvalue weighted by molar-refractivity contribution is -0.136. The van der Waals surface area contributed by atoms with E-state index in [2.05, 4.69) is 20.0 Å². The summed E-state index contributed by atoms with van der Waals surface area (Å²) in [6.45, 7) is 0.245. The highest BCUT2D eigenvalue weighted by Gasteiger charge is 2.54. The third-order valence-corrected chi connectivity index (χ3v) is 5.67. The third-order valence-electron chi connectivity index (χ3n) is 5.67. The lowest BCUT2D eigenvalue weighted by Gasteiger charge is -2.35. The molecule has 4 rings (SSSR count). The first-order valence-electron chi connectivity index (χ1n) is 10.3. The van der Waals surface area contributed by atoms with Crippen LogP contribution >= 0.6 is 0 Å². The molecule has 0 spiro atoms. The van der Waals surface area contributed by atoms with Crippen LogP contribution in [-0.2, 0) is 20.8 Å². The molecule has 0 amide bonds. The Bertz CT molecular complexity index is 1000. The van der Waals surface area contributed by atoms with Crippen LogP contribution in [0.15, 0.2) is 35.6 Å². The van der Waals surface area contributed by atoms with Gasteiger partial charge in [-0.05, 0) is 23.2 Å². The summed E-state index contributed by atoms with van der Waals surface area (Å²) >= 11 is 0. The first-order valence-corrected chi connectivity index (χ1v) is 10.3. The Hall–Kier alpha value is -3.15. The molecule has 3 heterocycles. The van der Waals surface area contributed by atoms with Crippen molar-refractivity contribution in [3.05, 3.63) is 52.0 Å². The molecule has 1 aromatic heterocycles. The molecule has 12 heteroatoms. The van der Waals surface area contributed by atoms with E-state index in [-0.39, 0.29) is 25.1 Å². The summed E-state index contributed by atoms with van der Waals surface area (Å²) in [6.07, 6.45) is -2.12. The van der Waals surface area contributed by atoms with Crippen LogP contribution in [0.1, 0.15) is 17.2 Å². The molecule has 0 saturated carbocycles. The predicted molar refractivity (Wildman–Crippen MR) is 113 cm³/mol. The summed E-state index contributed by atoms with van der Waals surface area (Å²) < 4.78 is 34.1. The van der Waals surface area contributed by atoms with Crippen LogP contribution < -0.4 is 14.2 Å². The van der Waals surface area contributed by atoms with E-state index in [1.165, 1.54) is 20.4 Å². The van der Waals surface area contributed by atoms with Crippen molar-refractivity contribution in [3.63, 3.8) is 0 Å². The molecule has 6 atom stereocenters. The maximum atomic E-state index is 10.3. The van der Waals surface area contributed by atoms with Crippen molar-refractivity contribution in [2.45, 2.75) is 43.2 Å². The van der Waals surface area contributed by atoms with Crippen molar-refractivity contribution in [2.75, 3.05) is 27.9 Å². The zero-order valence-corrected chi connectivity index (χ0v) is 18.4. The number of azide groups is 1. The van der Waals surface area contributed by atoms with Crippen molar-refractivity contribution in [1.82, 2.24) is 9.97 Å². The average Bonchev–Trinajstić information content (AvgIpc) is 3.22. The van der Waals surface area contributed by atoms with Crippen molar-refractivity contribution < 1.29 is 33.5 Å². The summed E-state index contributed by atoms with van der Waals surface area (Å²) in [5.41, 5.74) is 10.4. The van der Waals surface area contributed by atoms with Gasteiger partial charge in [-0.25, -0.2) is 4.98 Å². The number of rotatable bonds is 8. The number of ether oxygens (including phenoxy) is 6. The Kier molecular flexibility index (Phi) is 7.11. The van der Waals surface area contributed by atoms with E-state index in [0.29, 0.717) is 5.56 Å². The molecule has 0 radical (unpaired) electrons. The number of nitrogens with zero attached hydrogens (tertiary/aromatic N) is 5. The minimum Gasteiger partial charge on any atom is -0.497 e. The fourth-order valence-corrected chi connectivity index (χ4v) is 4.04. The molecule has 0 bridgehead atoms. The summed E-state index contributed by atoms with van der Waals surface area (Å²) in [6, 6.07) is 6.78. The van der Waals surface area contributed by atoms with Crippen LogP contribution in [0.4, 0.5) is 0 Å². The van der Waals surface area contributed by atoms with Gasteiger partial charge in [-0.1, -0.05) is 17.2 Å². The first kappa shape index (κ1) is 23.0. The molecule has 2 aliphatic rings. The number of benzene rings is 1. The summed E-state index contributed by atoms with van der Waals surface area (Å²) in [5.74, 6) is 0.993. The van der Waals surface area contributed by atoms with Gasteiger partial charge in [0.25, 0.3) is 0 Å². The van der Waals surface area contributed by atoms with Gasteiger partial charge in [0.15, 0.2) is 0 Å². The lowest BCUT2D eigenvalue weighted by Crippen LogP contribution is -2.52. The van der Waals surface area contributed by atoms with E-state index >= 15 is 0 Å². The number of hydrogen-bond donors (Lipinski definition) is 1. The molecular formula is C21H25N5O7. The number of aliphatic hydroxyl groups excluding tert-OH is 1. The van der Waals surface area contributed by atoms with Gasteiger partial charge in [0.2, 0.25) is 5.88 Å². The van der Waals surface area contributed by atoms with E-state index in [9.17, 15) is 5.11 Å². The SMILES string of the molecule is COc1ccc(CO[C@@H]2[C@@H]3OC[C@H](O)[C@@H](N=[N+]=[N-])[C@H]3O[C@H]2c2cnc(OC)nc2OC)cc1. The molecule has 0 unspecified atom stereocenters. The summed E-state index contributed by atoms with van der Waals surface area (Å²) in [4.78, 5) is 11.3. The molecule has 0 aliphatic carbocycles. The highest BCUT2D eigenvalue weighted by atomic mass is 16.6. The van der Waals surface area contributed by atoms with E-state index < -0.39 is 36.6 Å². The van der Waals surface area contributed by atoms with E-state index in [1.807, 2.05) is 24.3 Å². The molecule has 2 saturated heterocycles. The minimum absolute atomic E-state index is 0.0143. The Morgan fingerprint density at radius 3 is 2.61 bits per heavy atom. The second-order valence-corrected chi connectivity index (χ2v) is 7.53. The van der Waals surface area contributed by atoms with Gasteiger partial charge in [-0.3, -0.25) is 0 Å². The molecule has 2 aliphatic heterocycles. The van der Waals surface area contributed by atoms with Gasteiger partial charge in [0, 0.05) is 11.1 Å². The highest BCUT2D eigenvalue weighted by molar-refractivity contribution is 5.31. The standard InChI is InChI=1S/C21H25N5O7/c1-28-12-6-4-11(5-7-12)9-31-18-16(13-8-23-21(30-3)24-20(13)29-2)33-17-15(25-26-22)14(27)10-32-19(17)18/h4-8,14-19,27H,9-10H2,1-3H3/t14-,15+,16-,17+,18-,19+/m0/s1. The topological polar surface area (TPSA) is 150 Å². The van der Waals surface area contributed by atoms with E-state index in [0.717, 1.165) is 11.3 Å². The molecule has 1 N–H and O–H groups in total. The molecular weight excluding hydrogens is 434 g/mol. The van der Waals surface area contributed by atoms with Gasteiger partial charge in [-0.15, -0.1) is 0 Å². The molecule has 176 valence electrons.